The number of thioether (sulfide) groups is 1. The summed E-state index contributed by atoms with van der Waals surface area (Å²) in [5.74, 6) is -5.21. The normalized spacial score (nSPS) is 24.8. The Kier molecular flexibility index (Phi) is 6.65. The van der Waals surface area contributed by atoms with Crippen molar-refractivity contribution in [3.63, 3.8) is 0 Å². The van der Waals surface area contributed by atoms with Gasteiger partial charge in [0.2, 0.25) is 5.91 Å². The molecule has 16 heteroatoms. The molecule has 0 aromatic heterocycles. The molecule has 2 fully saturated rings. The third-order valence-corrected chi connectivity index (χ3v) is 5.45. The number of carboxylic acid groups (broad SMARTS) is 2. The van der Waals surface area contributed by atoms with Gasteiger partial charge in [-0.3, -0.25) is 14.5 Å². The molecule has 0 saturated carbocycles. The highest BCUT2D eigenvalue weighted by Gasteiger charge is 2.51. The molecule has 0 bridgehead atoms. The molecule has 3 rings (SSSR count). The van der Waals surface area contributed by atoms with Crippen molar-refractivity contribution in [2.24, 2.45) is 5.73 Å². The minimum Gasteiger partial charge on any atom is -0.477 e. The Morgan fingerprint density at radius 1 is 1.16 bits per heavy atom. The molecule has 3 aliphatic rings. The lowest BCUT2D eigenvalue weighted by Crippen LogP contribution is -2.68. The Balaban J connectivity index is 0.000000423. The van der Waals surface area contributed by atoms with E-state index in [-0.39, 0.29) is 29.1 Å². The predicted molar refractivity (Wildman–Crippen MR) is 90.1 cm³/mol. The number of halogens is 6. The van der Waals surface area contributed by atoms with E-state index in [2.05, 4.69) is 0 Å². The average Bonchev–Trinajstić information content (AvgIpc) is 2.64. The number of aliphatic carboxylic acids is 2. The van der Waals surface area contributed by atoms with Gasteiger partial charge in [0.1, 0.15) is 23.7 Å². The average molecular weight is 477 g/mol. The lowest BCUT2D eigenvalue weighted by atomic mass is 9.99. The van der Waals surface area contributed by atoms with Crippen molar-refractivity contribution in [1.29, 1.82) is 0 Å². The van der Waals surface area contributed by atoms with Gasteiger partial charge in [-0.1, -0.05) is 0 Å². The first kappa shape index (κ1) is 24.5. The number of carbonyl (C=O) groups excluding carboxylic acids is 2. The van der Waals surface area contributed by atoms with E-state index in [1.807, 2.05) is 0 Å². The van der Waals surface area contributed by atoms with E-state index in [1.54, 1.807) is 0 Å². The summed E-state index contributed by atoms with van der Waals surface area (Å²) >= 11 is 1.25. The van der Waals surface area contributed by atoms with Crippen molar-refractivity contribution in [2.45, 2.75) is 23.8 Å². The molecule has 2 atom stereocenters. The SMILES string of the molecule is N[C@@H]1C(=O)N2C(C(=O)O)=C(/C=C3\CN(CC(F)(F)F)C3=O)CS[C@H]12.O=C(O)C(F)(F)F. The predicted octanol–water partition coefficient (Wildman–Crippen LogP) is 0.532. The maximum Gasteiger partial charge on any atom is 0.490 e. The molecule has 31 heavy (non-hydrogen) atoms. The van der Waals surface area contributed by atoms with Crippen LogP contribution in [0.5, 0.6) is 0 Å². The Labute approximate surface area is 173 Å². The second-order valence-corrected chi connectivity index (χ2v) is 7.47. The van der Waals surface area contributed by atoms with Crippen molar-refractivity contribution in [2.75, 3.05) is 18.8 Å². The number of alkyl halides is 6. The van der Waals surface area contributed by atoms with Crippen LogP contribution in [0.4, 0.5) is 26.3 Å². The number of likely N-dealkylation sites (tertiary alicyclic amines) is 1. The molecule has 0 spiro atoms. The Bertz CT molecular complexity index is 883. The summed E-state index contributed by atoms with van der Waals surface area (Å²) < 4.78 is 68.6. The topological polar surface area (TPSA) is 141 Å². The molecule has 0 unspecified atom stereocenters. The molecule has 2 amide bonds. The maximum atomic E-state index is 12.3. The van der Waals surface area contributed by atoms with Crippen LogP contribution in [-0.2, 0) is 19.2 Å². The summed E-state index contributed by atoms with van der Waals surface area (Å²) in [6, 6.07) is -0.772. The monoisotopic (exact) mass is 477 g/mol. The van der Waals surface area contributed by atoms with E-state index < -0.39 is 54.1 Å². The van der Waals surface area contributed by atoms with Gasteiger partial charge >= 0.3 is 24.3 Å². The number of amides is 2. The van der Waals surface area contributed by atoms with Crippen LogP contribution < -0.4 is 5.73 Å². The molecule has 0 aromatic rings. The van der Waals surface area contributed by atoms with Gasteiger partial charge < -0.3 is 20.8 Å². The first-order valence-electron chi connectivity index (χ1n) is 8.08. The highest BCUT2D eigenvalue weighted by Crippen LogP contribution is 2.40. The van der Waals surface area contributed by atoms with Crippen LogP contribution >= 0.6 is 11.8 Å². The molecule has 2 saturated heterocycles. The zero-order valence-electron chi connectivity index (χ0n) is 15.0. The number of hydrogen-bond acceptors (Lipinski definition) is 6. The number of hydrogen-bond donors (Lipinski definition) is 3. The summed E-state index contributed by atoms with van der Waals surface area (Å²) in [5.41, 5.74) is 5.66. The summed E-state index contributed by atoms with van der Waals surface area (Å²) in [4.78, 5) is 45.5. The van der Waals surface area contributed by atoms with Crippen LogP contribution in [0.15, 0.2) is 22.9 Å². The summed E-state index contributed by atoms with van der Waals surface area (Å²) in [6.07, 6.45) is -8.31. The fourth-order valence-electron chi connectivity index (χ4n) is 2.77. The Hall–Kier alpha value is -2.75. The number of β-lactam (4-membered cyclic amide) rings is 2. The van der Waals surface area contributed by atoms with E-state index in [9.17, 15) is 45.8 Å². The third kappa shape index (κ3) is 5.30. The largest absolute Gasteiger partial charge is 0.490 e. The van der Waals surface area contributed by atoms with Crippen molar-refractivity contribution in [3.05, 3.63) is 22.9 Å². The van der Waals surface area contributed by atoms with Crippen LogP contribution in [0.3, 0.4) is 0 Å². The minimum atomic E-state index is -5.08. The van der Waals surface area contributed by atoms with Gasteiger partial charge in [0.25, 0.3) is 5.91 Å². The quantitative estimate of drug-likeness (QED) is 0.304. The van der Waals surface area contributed by atoms with Gasteiger partial charge in [0.05, 0.1) is 6.54 Å². The number of carbonyl (C=O) groups is 4. The van der Waals surface area contributed by atoms with Gasteiger partial charge in [-0.2, -0.15) is 26.3 Å². The number of nitrogens with zero attached hydrogens (tertiary/aromatic N) is 2. The van der Waals surface area contributed by atoms with E-state index in [1.165, 1.54) is 17.8 Å². The highest BCUT2D eigenvalue weighted by atomic mass is 32.2. The summed E-state index contributed by atoms with van der Waals surface area (Å²) in [6.45, 7) is -1.55. The number of rotatable bonds is 3. The summed E-state index contributed by atoms with van der Waals surface area (Å²) in [7, 11) is 0. The first-order chi connectivity index (χ1) is 14.0. The smallest absolute Gasteiger partial charge is 0.477 e. The molecule has 0 radical (unpaired) electrons. The first-order valence-corrected chi connectivity index (χ1v) is 9.13. The van der Waals surface area contributed by atoms with Gasteiger partial charge in [0, 0.05) is 11.3 Å². The fraction of sp³-hybridized carbons (Fsp3) is 0.467. The number of nitrogens with two attached hydrogens (primary N) is 1. The lowest BCUT2D eigenvalue weighted by molar-refractivity contribution is -0.192. The standard InChI is InChI=1S/C13H12F3N3O4S.C2HF3O2/c14-13(15,16)4-18-2-5(9(18)20)1-6-3-24-11-7(17)10(21)19(11)8(6)12(22)23;3-2(4,5)1(6)7/h1,7,11H,2-4,17H2,(H,22,23);(H,6,7)/b5-1+;/t7-,11-;/m1./s1. The minimum absolute atomic E-state index is 0.0873. The maximum absolute atomic E-state index is 12.3. The zero-order chi connectivity index (χ0) is 23.9. The van der Waals surface area contributed by atoms with Crippen LogP contribution in [0.2, 0.25) is 0 Å². The van der Waals surface area contributed by atoms with Crippen LogP contribution in [0.25, 0.3) is 0 Å². The molecule has 4 N–H and O–H groups in total. The third-order valence-electron chi connectivity index (χ3n) is 4.13. The zero-order valence-corrected chi connectivity index (χ0v) is 15.8. The number of fused-ring (bicyclic) bond motifs is 1. The molecule has 0 aromatic carbocycles. The molecule has 172 valence electrons. The van der Waals surface area contributed by atoms with Crippen molar-refractivity contribution in [3.8, 4) is 0 Å². The van der Waals surface area contributed by atoms with Crippen molar-refractivity contribution in [1.82, 2.24) is 9.80 Å². The number of allylic oxidation sites excluding steroid dienone is 1. The molecule has 3 aliphatic heterocycles. The Morgan fingerprint density at radius 2 is 1.71 bits per heavy atom. The van der Waals surface area contributed by atoms with Gasteiger partial charge in [-0.15, -0.1) is 11.8 Å². The number of carboxylic acids is 2. The Morgan fingerprint density at radius 3 is 2.13 bits per heavy atom. The van der Waals surface area contributed by atoms with E-state index in [4.69, 9.17) is 15.6 Å². The van der Waals surface area contributed by atoms with E-state index >= 15 is 0 Å². The van der Waals surface area contributed by atoms with Crippen LogP contribution in [0, 0.1) is 0 Å². The molecule has 3 heterocycles. The van der Waals surface area contributed by atoms with E-state index in [0.29, 0.717) is 4.90 Å². The lowest BCUT2D eigenvalue weighted by Gasteiger charge is -2.47. The van der Waals surface area contributed by atoms with Crippen molar-refractivity contribution >= 4 is 35.5 Å². The van der Waals surface area contributed by atoms with Gasteiger partial charge in [-0.25, -0.2) is 9.59 Å². The molecule has 0 aliphatic carbocycles. The van der Waals surface area contributed by atoms with Gasteiger partial charge in [0.15, 0.2) is 0 Å². The van der Waals surface area contributed by atoms with Gasteiger partial charge in [-0.05, 0) is 11.6 Å². The molecular weight excluding hydrogens is 464 g/mol. The van der Waals surface area contributed by atoms with Crippen LogP contribution in [0.1, 0.15) is 0 Å². The van der Waals surface area contributed by atoms with Crippen molar-refractivity contribution < 1.29 is 55.7 Å². The second kappa shape index (κ2) is 8.41. The fourth-order valence-corrected chi connectivity index (χ4v) is 4.02. The highest BCUT2D eigenvalue weighted by molar-refractivity contribution is 8.00. The molecule has 9 nitrogen and oxygen atoms in total. The summed E-state index contributed by atoms with van der Waals surface area (Å²) in [5, 5.41) is 16.0. The van der Waals surface area contributed by atoms with Crippen LogP contribution in [-0.4, -0.2) is 86.4 Å². The second-order valence-electron chi connectivity index (χ2n) is 6.36. The molecular formula is C15H13F6N3O6S. The van der Waals surface area contributed by atoms with E-state index in [0.717, 1.165) is 4.90 Å².